The van der Waals surface area contributed by atoms with E-state index in [4.69, 9.17) is 5.26 Å². The van der Waals surface area contributed by atoms with Crippen LogP contribution in [0.25, 0.3) is 0 Å². The molecule has 1 unspecified atom stereocenters. The Labute approximate surface area is 76.0 Å². The standard InChI is InChI=1S/C10H20N2/c1-3-5-6-7-8-10(9-11)12-4-2/h10,12H,3-8H2,1-2H3. The molecule has 12 heavy (non-hydrogen) atoms. The lowest BCUT2D eigenvalue weighted by Gasteiger charge is -2.08. The second-order valence-electron chi connectivity index (χ2n) is 3.09. The molecule has 0 fully saturated rings. The molecule has 0 saturated carbocycles. The van der Waals surface area contributed by atoms with E-state index in [1.165, 1.54) is 25.7 Å². The summed E-state index contributed by atoms with van der Waals surface area (Å²) in [5.41, 5.74) is 0. The van der Waals surface area contributed by atoms with E-state index in [9.17, 15) is 0 Å². The summed E-state index contributed by atoms with van der Waals surface area (Å²) in [5, 5.41) is 11.8. The quantitative estimate of drug-likeness (QED) is 0.593. The van der Waals surface area contributed by atoms with Gasteiger partial charge in [0.05, 0.1) is 12.1 Å². The van der Waals surface area contributed by atoms with Gasteiger partial charge in [0, 0.05) is 0 Å². The largest absolute Gasteiger partial charge is 0.302 e. The van der Waals surface area contributed by atoms with E-state index in [2.05, 4.69) is 18.3 Å². The molecule has 0 spiro atoms. The third-order valence-electron chi connectivity index (χ3n) is 1.95. The van der Waals surface area contributed by atoms with Crippen molar-refractivity contribution >= 4 is 0 Å². The molecule has 0 aromatic heterocycles. The predicted molar refractivity (Wildman–Crippen MR) is 51.8 cm³/mol. The first-order valence-electron chi connectivity index (χ1n) is 4.98. The van der Waals surface area contributed by atoms with Crippen molar-refractivity contribution in [2.45, 2.75) is 52.0 Å². The Morgan fingerprint density at radius 2 is 2.00 bits per heavy atom. The number of hydrogen-bond donors (Lipinski definition) is 1. The number of unbranched alkanes of at least 4 members (excludes halogenated alkanes) is 3. The SMILES string of the molecule is CCCCCCC(C#N)NCC. The molecule has 70 valence electrons. The van der Waals surface area contributed by atoms with Crippen molar-refractivity contribution < 1.29 is 0 Å². The van der Waals surface area contributed by atoms with Gasteiger partial charge in [-0.25, -0.2) is 0 Å². The minimum atomic E-state index is 0.0758. The molecule has 0 rings (SSSR count). The molecule has 0 aliphatic carbocycles. The fraction of sp³-hybridized carbons (Fsp3) is 0.900. The molecule has 0 saturated heterocycles. The van der Waals surface area contributed by atoms with E-state index in [0.29, 0.717) is 0 Å². The van der Waals surface area contributed by atoms with Crippen LogP contribution in [0.1, 0.15) is 46.0 Å². The minimum Gasteiger partial charge on any atom is -0.302 e. The van der Waals surface area contributed by atoms with Gasteiger partial charge in [0.15, 0.2) is 0 Å². The van der Waals surface area contributed by atoms with Crippen LogP contribution in [-0.2, 0) is 0 Å². The van der Waals surface area contributed by atoms with E-state index in [0.717, 1.165) is 13.0 Å². The average molecular weight is 168 g/mol. The van der Waals surface area contributed by atoms with Gasteiger partial charge in [0.1, 0.15) is 0 Å². The second kappa shape index (κ2) is 8.55. The minimum absolute atomic E-state index is 0.0758. The van der Waals surface area contributed by atoms with E-state index in [1.54, 1.807) is 0 Å². The maximum absolute atomic E-state index is 8.70. The van der Waals surface area contributed by atoms with Crippen molar-refractivity contribution in [3.05, 3.63) is 0 Å². The zero-order valence-electron chi connectivity index (χ0n) is 8.27. The summed E-state index contributed by atoms with van der Waals surface area (Å²) >= 11 is 0. The third-order valence-corrected chi connectivity index (χ3v) is 1.95. The monoisotopic (exact) mass is 168 g/mol. The molecule has 0 aromatic rings. The number of nitrogens with zero attached hydrogens (tertiary/aromatic N) is 1. The molecule has 2 nitrogen and oxygen atoms in total. The molecular weight excluding hydrogens is 148 g/mol. The van der Waals surface area contributed by atoms with Crippen molar-refractivity contribution in [1.29, 1.82) is 5.26 Å². The molecule has 2 heteroatoms. The highest BCUT2D eigenvalue weighted by Gasteiger charge is 2.03. The van der Waals surface area contributed by atoms with E-state index in [-0.39, 0.29) is 6.04 Å². The normalized spacial score (nSPS) is 12.4. The smallest absolute Gasteiger partial charge is 0.0952 e. The van der Waals surface area contributed by atoms with Crippen LogP contribution in [0.4, 0.5) is 0 Å². The van der Waals surface area contributed by atoms with Crippen molar-refractivity contribution in [3.63, 3.8) is 0 Å². The molecule has 0 aliphatic rings. The number of nitrogens with one attached hydrogen (secondary N) is 1. The van der Waals surface area contributed by atoms with Crippen molar-refractivity contribution in [3.8, 4) is 6.07 Å². The van der Waals surface area contributed by atoms with Gasteiger partial charge >= 0.3 is 0 Å². The molecular formula is C10H20N2. The lowest BCUT2D eigenvalue weighted by atomic mass is 10.1. The van der Waals surface area contributed by atoms with Crippen LogP contribution in [0, 0.1) is 11.3 Å². The first-order chi connectivity index (χ1) is 5.85. The molecule has 0 aliphatic heterocycles. The van der Waals surface area contributed by atoms with Crippen LogP contribution in [0.15, 0.2) is 0 Å². The molecule has 1 N–H and O–H groups in total. The van der Waals surface area contributed by atoms with Crippen LogP contribution < -0.4 is 5.32 Å². The maximum Gasteiger partial charge on any atom is 0.0952 e. The van der Waals surface area contributed by atoms with Crippen LogP contribution >= 0.6 is 0 Å². The maximum atomic E-state index is 8.70. The van der Waals surface area contributed by atoms with Crippen molar-refractivity contribution in [2.24, 2.45) is 0 Å². The molecule has 0 aromatic carbocycles. The summed E-state index contributed by atoms with van der Waals surface area (Å²) in [4.78, 5) is 0. The number of nitriles is 1. The lowest BCUT2D eigenvalue weighted by Crippen LogP contribution is -2.26. The summed E-state index contributed by atoms with van der Waals surface area (Å²) in [5.74, 6) is 0. The van der Waals surface area contributed by atoms with Crippen molar-refractivity contribution in [1.82, 2.24) is 5.32 Å². The van der Waals surface area contributed by atoms with Gasteiger partial charge in [-0.1, -0.05) is 39.5 Å². The topological polar surface area (TPSA) is 35.8 Å². The van der Waals surface area contributed by atoms with Gasteiger partial charge in [0.25, 0.3) is 0 Å². The first kappa shape index (κ1) is 11.4. The molecule has 1 atom stereocenters. The lowest BCUT2D eigenvalue weighted by molar-refractivity contribution is 0.535. The van der Waals surface area contributed by atoms with Gasteiger partial charge in [-0.05, 0) is 13.0 Å². The fourth-order valence-electron chi connectivity index (χ4n) is 1.23. The highest BCUT2D eigenvalue weighted by Crippen LogP contribution is 2.04. The molecule has 0 bridgehead atoms. The molecule has 0 amide bonds. The zero-order valence-corrected chi connectivity index (χ0v) is 8.27. The Bertz CT molecular complexity index is 126. The van der Waals surface area contributed by atoms with E-state index >= 15 is 0 Å². The van der Waals surface area contributed by atoms with Gasteiger partial charge in [-0.15, -0.1) is 0 Å². The Morgan fingerprint density at radius 3 is 2.50 bits per heavy atom. The Balaban J connectivity index is 3.27. The second-order valence-corrected chi connectivity index (χ2v) is 3.09. The van der Waals surface area contributed by atoms with Crippen LogP contribution in [-0.4, -0.2) is 12.6 Å². The zero-order chi connectivity index (χ0) is 9.23. The molecule has 0 heterocycles. The van der Waals surface area contributed by atoms with Crippen molar-refractivity contribution in [2.75, 3.05) is 6.54 Å². The summed E-state index contributed by atoms with van der Waals surface area (Å²) in [6.45, 7) is 5.13. The van der Waals surface area contributed by atoms with Gasteiger partial charge < -0.3 is 5.32 Å². The average Bonchev–Trinajstić information content (AvgIpc) is 2.10. The summed E-state index contributed by atoms with van der Waals surface area (Å²) in [6.07, 6.45) is 6.01. The fourth-order valence-corrected chi connectivity index (χ4v) is 1.23. The Hall–Kier alpha value is -0.550. The summed E-state index contributed by atoms with van der Waals surface area (Å²) in [7, 11) is 0. The first-order valence-corrected chi connectivity index (χ1v) is 4.98. The van der Waals surface area contributed by atoms with Crippen LogP contribution in [0.3, 0.4) is 0 Å². The third kappa shape index (κ3) is 6.18. The summed E-state index contributed by atoms with van der Waals surface area (Å²) in [6, 6.07) is 2.34. The van der Waals surface area contributed by atoms with Crippen LogP contribution in [0.5, 0.6) is 0 Å². The van der Waals surface area contributed by atoms with Gasteiger partial charge in [0.2, 0.25) is 0 Å². The van der Waals surface area contributed by atoms with Gasteiger partial charge in [-0.3, -0.25) is 0 Å². The highest BCUT2D eigenvalue weighted by atomic mass is 14.9. The van der Waals surface area contributed by atoms with E-state index < -0.39 is 0 Å². The Kier molecular flexibility index (Phi) is 8.15. The number of hydrogen-bond acceptors (Lipinski definition) is 2. The number of rotatable bonds is 7. The molecule has 0 radical (unpaired) electrons. The predicted octanol–water partition coefficient (Wildman–Crippen LogP) is 2.46. The van der Waals surface area contributed by atoms with Gasteiger partial charge in [-0.2, -0.15) is 5.26 Å². The summed E-state index contributed by atoms with van der Waals surface area (Å²) < 4.78 is 0. The highest BCUT2D eigenvalue weighted by molar-refractivity contribution is 4.88. The van der Waals surface area contributed by atoms with Crippen LogP contribution in [0.2, 0.25) is 0 Å². The van der Waals surface area contributed by atoms with E-state index in [1.807, 2.05) is 6.92 Å². The Morgan fingerprint density at radius 1 is 1.25 bits per heavy atom.